The first kappa shape index (κ1) is 20.6. The summed E-state index contributed by atoms with van der Waals surface area (Å²) < 4.78 is 5.00. The van der Waals surface area contributed by atoms with Crippen LogP contribution in [-0.4, -0.2) is 55.0 Å². The Hall–Kier alpha value is -2.18. The number of amides is 2. The summed E-state index contributed by atoms with van der Waals surface area (Å²) in [5.41, 5.74) is 2.32. The zero-order valence-electron chi connectivity index (χ0n) is 16.6. The molecule has 0 fully saturated rings. The molecule has 2 heterocycles. The van der Waals surface area contributed by atoms with Crippen LogP contribution in [0.1, 0.15) is 41.8 Å². The van der Waals surface area contributed by atoms with Crippen LogP contribution in [0.2, 0.25) is 0 Å². The Morgan fingerprint density at radius 1 is 1.25 bits per heavy atom. The normalized spacial score (nSPS) is 15.9. The number of ether oxygens (including phenoxy) is 1. The summed E-state index contributed by atoms with van der Waals surface area (Å²) in [4.78, 5) is 30.6. The zero-order valence-corrected chi connectivity index (χ0v) is 17.4. The third kappa shape index (κ3) is 4.62. The summed E-state index contributed by atoms with van der Waals surface area (Å²) in [6.07, 6.45) is 2.71. The van der Waals surface area contributed by atoms with Gasteiger partial charge in [0.05, 0.1) is 12.6 Å². The zero-order chi connectivity index (χ0) is 19.9. The first-order valence-electron chi connectivity index (χ1n) is 9.83. The molecule has 0 bridgehead atoms. The number of methoxy groups -OCH3 is 1. The van der Waals surface area contributed by atoms with Crippen LogP contribution in [-0.2, 0) is 20.7 Å². The van der Waals surface area contributed by atoms with Crippen molar-refractivity contribution >= 4 is 23.2 Å². The van der Waals surface area contributed by atoms with E-state index in [1.54, 1.807) is 16.2 Å². The van der Waals surface area contributed by atoms with Crippen LogP contribution in [0.25, 0.3) is 0 Å². The maximum Gasteiger partial charge on any atom is 0.249 e. The average molecular weight is 401 g/mol. The molecule has 3 rings (SSSR count). The highest BCUT2D eigenvalue weighted by Crippen LogP contribution is 2.37. The third-order valence-corrected chi connectivity index (χ3v) is 6.13. The van der Waals surface area contributed by atoms with Crippen molar-refractivity contribution in [2.24, 2.45) is 0 Å². The van der Waals surface area contributed by atoms with E-state index in [1.165, 1.54) is 17.6 Å². The van der Waals surface area contributed by atoms with Gasteiger partial charge in [0.1, 0.15) is 6.61 Å². The van der Waals surface area contributed by atoms with Crippen LogP contribution >= 0.6 is 11.3 Å². The van der Waals surface area contributed by atoms with Gasteiger partial charge in [0.2, 0.25) is 11.8 Å². The minimum absolute atomic E-state index is 0.00773. The molecule has 5 nitrogen and oxygen atoms in total. The Morgan fingerprint density at radius 2 is 2.04 bits per heavy atom. The molecule has 0 spiro atoms. The van der Waals surface area contributed by atoms with Gasteiger partial charge in [0.15, 0.2) is 0 Å². The van der Waals surface area contributed by atoms with E-state index in [0.29, 0.717) is 13.1 Å². The van der Waals surface area contributed by atoms with E-state index < -0.39 is 0 Å². The highest BCUT2D eigenvalue weighted by molar-refractivity contribution is 7.10. The number of hydrogen-bond donors (Lipinski definition) is 0. The first-order valence-corrected chi connectivity index (χ1v) is 10.7. The summed E-state index contributed by atoms with van der Waals surface area (Å²) in [6, 6.07) is 12.2. The Bertz CT molecular complexity index is 790. The van der Waals surface area contributed by atoms with E-state index in [-0.39, 0.29) is 31.0 Å². The molecule has 1 aromatic carbocycles. The molecule has 0 aliphatic carbocycles. The third-order valence-electron chi connectivity index (χ3n) is 5.13. The smallest absolute Gasteiger partial charge is 0.249 e. The highest BCUT2D eigenvalue weighted by atomic mass is 32.1. The van der Waals surface area contributed by atoms with Crippen LogP contribution in [0.4, 0.5) is 0 Å². The van der Waals surface area contributed by atoms with Crippen molar-refractivity contribution in [3.8, 4) is 0 Å². The molecule has 2 amide bonds. The maximum absolute atomic E-state index is 13.3. The van der Waals surface area contributed by atoms with Crippen molar-refractivity contribution in [2.45, 2.75) is 32.2 Å². The molecule has 1 aromatic heterocycles. The van der Waals surface area contributed by atoms with Crippen molar-refractivity contribution in [2.75, 3.05) is 33.4 Å². The van der Waals surface area contributed by atoms with E-state index in [4.69, 9.17) is 4.74 Å². The molecule has 0 N–H and O–H groups in total. The maximum atomic E-state index is 13.3. The quantitative estimate of drug-likeness (QED) is 0.681. The fourth-order valence-corrected chi connectivity index (χ4v) is 4.59. The van der Waals surface area contributed by atoms with E-state index in [2.05, 4.69) is 30.5 Å². The number of thiophene rings is 1. The van der Waals surface area contributed by atoms with Gasteiger partial charge in [-0.1, -0.05) is 43.7 Å². The number of hydrogen-bond acceptors (Lipinski definition) is 4. The van der Waals surface area contributed by atoms with Gasteiger partial charge in [-0.25, -0.2) is 0 Å². The minimum Gasteiger partial charge on any atom is -0.375 e. The van der Waals surface area contributed by atoms with Crippen LogP contribution < -0.4 is 0 Å². The molecule has 0 radical (unpaired) electrons. The molecular formula is C22H28N2O3S. The lowest BCUT2D eigenvalue weighted by molar-refractivity contribution is -0.143. The predicted molar refractivity (Wildman–Crippen MR) is 111 cm³/mol. The molecule has 1 atom stereocenters. The Labute approximate surface area is 170 Å². The molecule has 1 aliphatic heterocycles. The largest absolute Gasteiger partial charge is 0.375 e. The molecule has 1 aliphatic rings. The van der Waals surface area contributed by atoms with Crippen molar-refractivity contribution in [1.82, 2.24) is 9.80 Å². The van der Waals surface area contributed by atoms with E-state index >= 15 is 0 Å². The van der Waals surface area contributed by atoms with Gasteiger partial charge in [-0.3, -0.25) is 9.59 Å². The topological polar surface area (TPSA) is 49.9 Å². The summed E-state index contributed by atoms with van der Waals surface area (Å²) in [7, 11) is 1.51. The van der Waals surface area contributed by atoms with E-state index in [0.717, 1.165) is 24.8 Å². The SMILES string of the molecule is CCCCN(CC(=O)N1CCc2sccc2[C@@H]1c1ccccc1)C(=O)COC. The Morgan fingerprint density at radius 3 is 2.75 bits per heavy atom. The molecule has 0 saturated heterocycles. The van der Waals surface area contributed by atoms with Crippen LogP contribution in [0.5, 0.6) is 0 Å². The minimum atomic E-state index is -0.131. The van der Waals surface area contributed by atoms with Gasteiger partial charge >= 0.3 is 0 Å². The second-order valence-corrected chi connectivity index (χ2v) is 8.05. The first-order chi connectivity index (χ1) is 13.7. The lowest BCUT2D eigenvalue weighted by Crippen LogP contribution is -2.47. The van der Waals surface area contributed by atoms with Crippen molar-refractivity contribution < 1.29 is 14.3 Å². The average Bonchev–Trinajstić information content (AvgIpc) is 3.19. The molecular weight excluding hydrogens is 372 g/mol. The second kappa shape index (κ2) is 9.85. The van der Waals surface area contributed by atoms with Crippen molar-refractivity contribution in [3.63, 3.8) is 0 Å². The van der Waals surface area contributed by atoms with Crippen LogP contribution in [0.15, 0.2) is 41.8 Å². The predicted octanol–water partition coefficient (Wildman–Crippen LogP) is 3.50. The number of benzene rings is 1. The number of carbonyl (C=O) groups is 2. The van der Waals surface area contributed by atoms with Crippen LogP contribution in [0, 0.1) is 0 Å². The van der Waals surface area contributed by atoms with Crippen molar-refractivity contribution in [1.29, 1.82) is 0 Å². The summed E-state index contributed by atoms with van der Waals surface area (Å²) in [5.74, 6) is -0.139. The number of carbonyl (C=O) groups excluding carboxylic acids is 2. The van der Waals surface area contributed by atoms with Gasteiger partial charge in [-0.15, -0.1) is 11.3 Å². The van der Waals surface area contributed by atoms with Gasteiger partial charge < -0.3 is 14.5 Å². The molecule has 0 unspecified atom stereocenters. The number of fused-ring (bicyclic) bond motifs is 1. The number of nitrogens with zero attached hydrogens (tertiary/aromatic N) is 2. The van der Waals surface area contributed by atoms with Gasteiger partial charge in [-0.05, 0) is 35.4 Å². The molecule has 150 valence electrons. The van der Waals surface area contributed by atoms with Gasteiger partial charge in [-0.2, -0.15) is 0 Å². The lowest BCUT2D eigenvalue weighted by Gasteiger charge is -2.37. The summed E-state index contributed by atoms with van der Waals surface area (Å²) in [6.45, 7) is 3.44. The standard InChI is InChI=1S/C22H28N2O3S/c1-3-4-12-23(21(26)16-27-2)15-20(25)24-13-10-19-18(11-14-28-19)22(24)17-8-6-5-7-9-17/h5-9,11,14,22H,3-4,10,12-13,15-16H2,1-2H3/t22-/m0/s1. The molecule has 0 saturated carbocycles. The number of unbranched alkanes of at least 4 members (excludes halogenated alkanes) is 1. The van der Waals surface area contributed by atoms with Gasteiger partial charge in [0.25, 0.3) is 0 Å². The Balaban J connectivity index is 1.83. The van der Waals surface area contributed by atoms with Crippen molar-refractivity contribution in [3.05, 3.63) is 57.8 Å². The van der Waals surface area contributed by atoms with E-state index in [1.807, 2.05) is 23.1 Å². The fraction of sp³-hybridized carbons (Fsp3) is 0.455. The fourth-order valence-electron chi connectivity index (χ4n) is 3.69. The highest BCUT2D eigenvalue weighted by Gasteiger charge is 2.33. The molecule has 28 heavy (non-hydrogen) atoms. The summed E-state index contributed by atoms with van der Waals surface area (Å²) in [5, 5.41) is 2.10. The lowest BCUT2D eigenvalue weighted by atomic mass is 9.93. The van der Waals surface area contributed by atoms with Crippen LogP contribution in [0.3, 0.4) is 0 Å². The Kier molecular flexibility index (Phi) is 7.23. The number of rotatable bonds is 8. The van der Waals surface area contributed by atoms with Gasteiger partial charge in [0, 0.05) is 25.1 Å². The molecule has 6 heteroatoms. The second-order valence-electron chi connectivity index (χ2n) is 7.05. The molecule has 2 aromatic rings. The van der Waals surface area contributed by atoms with E-state index in [9.17, 15) is 9.59 Å². The summed E-state index contributed by atoms with van der Waals surface area (Å²) >= 11 is 1.76. The monoisotopic (exact) mass is 400 g/mol.